The Bertz CT molecular complexity index is 1010. The highest BCUT2D eigenvalue weighted by atomic mass is 16.7. The van der Waals surface area contributed by atoms with Crippen molar-refractivity contribution in [2.24, 2.45) is 46.3 Å². The summed E-state index contributed by atoms with van der Waals surface area (Å²) in [5.41, 5.74) is 3.50. The van der Waals surface area contributed by atoms with Crippen molar-refractivity contribution in [2.45, 2.75) is 118 Å². The number of carbonyl (C=O) groups is 1. The summed E-state index contributed by atoms with van der Waals surface area (Å²) in [5, 5.41) is 0. The van der Waals surface area contributed by atoms with Crippen molar-refractivity contribution in [3.8, 4) is 5.75 Å². The van der Waals surface area contributed by atoms with Gasteiger partial charge in [-0.05, 0) is 110 Å². The molecule has 3 nitrogen and oxygen atoms in total. The van der Waals surface area contributed by atoms with Gasteiger partial charge < -0.3 is 9.47 Å². The normalized spacial score (nSPS) is 37.0. The molecule has 0 spiro atoms. The van der Waals surface area contributed by atoms with Crippen molar-refractivity contribution in [1.29, 1.82) is 0 Å². The Hall–Kier alpha value is -1.77. The number of fused-ring (bicyclic) bond motifs is 5. The maximum absolute atomic E-state index is 12.5. The molecule has 5 rings (SSSR count). The SMILES string of the molecule is Cc1ccc(OC(=O)O[C@@H]2CC[C@]3(C)C(=CC[C@H]4[C@H]5CC[C@H]([C@H](C)CCCC(C)C)[C@]5(C)CC[C@H]43)C2)cc1. The molecule has 4 aliphatic carbocycles. The van der Waals surface area contributed by atoms with Gasteiger partial charge in [0.05, 0.1) is 0 Å². The zero-order valence-electron chi connectivity index (χ0n) is 24.9. The second-order valence-corrected chi connectivity index (χ2v) is 14.4. The van der Waals surface area contributed by atoms with Crippen LogP contribution in [0.25, 0.3) is 0 Å². The lowest BCUT2D eigenvalue weighted by atomic mass is 9.47. The summed E-state index contributed by atoms with van der Waals surface area (Å²) < 4.78 is 11.3. The molecule has 210 valence electrons. The van der Waals surface area contributed by atoms with Crippen LogP contribution in [-0.2, 0) is 4.74 Å². The molecule has 0 aliphatic heterocycles. The molecule has 0 saturated heterocycles. The van der Waals surface area contributed by atoms with Crippen LogP contribution in [0, 0.1) is 53.3 Å². The predicted octanol–water partition coefficient (Wildman–Crippen LogP) is 9.92. The van der Waals surface area contributed by atoms with E-state index in [1.54, 1.807) is 5.57 Å². The standard InChI is InChI=1S/C35H52O3/c1-23(2)8-7-9-25(4)30-16-17-31-29-15-12-26-22-28(38-33(36)37-27-13-10-24(3)11-14-27)18-20-34(26,5)32(29)19-21-35(30,31)6/h10-14,23,25,28-32H,7-9,15-22H2,1-6H3/t25-,28-,29+,30-,31-,32-,34-,35+/m1/s1. The minimum Gasteiger partial charge on any atom is -0.430 e. The zero-order valence-corrected chi connectivity index (χ0v) is 24.9. The van der Waals surface area contributed by atoms with Crippen molar-refractivity contribution in [3.05, 3.63) is 41.5 Å². The summed E-state index contributed by atoms with van der Waals surface area (Å²) >= 11 is 0. The van der Waals surface area contributed by atoms with E-state index < -0.39 is 6.16 Å². The number of hydrogen-bond donors (Lipinski definition) is 0. The summed E-state index contributed by atoms with van der Waals surface area (Å²) in [6.07, 6.45) is 16.0. The Morgan fingerprint density at radius 3 is 2.47 bits per heavy atom. The highest BCUT2D eigenvalue weighted by molar-refractivity contribution is 5.64. The first-order valence-corrected chi connectivity index (χ1v) is 15.7. The van der Waals surface area contributed by atoms with Gasteiger partial charge in [-0.2, -0.15) is 0 Å². The summed E-state index contributed by atoms with van der Waals surface area (Å²) in [4.78, 5) is 12.5. The van der Waals surface area contributed by atoms with Crippen LogP contribution in [0.5, 0.6) is 5.75 Å². The van der Waals surface area contributed by atoms with E-state index in [0.29, 0.717) is 11.2 Å². The van der Waals surface area contributed by atoms with Crippen LogP contribution in [0.3, 0.4) is 0 Å². The number of aryl methyl sites for hydroxylation is 1. The van der Waals surface area contributed by atoms with Gasteiger partial charge in [-0.3, -0.25) is 0 Å². The van der Waals surface area contributed by atoms with Crippen molar-refractivity contribution in [3.63, 3.8) is 0 Å². The first-order chi connectivity index (χ1) is 18.1. The van der Waals surface area contributed by atoms with Crippen LogP contribution < -0.4 is 4.74 Å². The third-order valence-electron chi connectivity index (χ3n) is 11.7. The van der Waals surface area contributed by atoms with Crippen LogP contribution in [0.1, 0.15) is 111 Å². The summed E-state index contributed by atoms with van der Waals surface area (Å²) in [7, 11) is 0. The molecule has 38 heavy (non-hydrogen) atoms. The Morgan fingerprint density at radius 2 is 1.74 bits per heavy atom. The van der Waals surface area contributed by atoms with E-state index in [1.807, 2.05) is 31.2 Å². The second-order valence-electron chi connectivity index (χ2n) is 14.4. The molecule has 3 heteroatoms. The molecule has 0 N–H and O–H groups in total. The van der Waals surface area contributed by atoms with E-state index in [-0.39, 0.29) is 11.5 Å². The maximum atomic E-state index is 12.5. The van der Waals surface area contributed by atoms with E-state index in [9.17, 15) is 4.79 Å². The molecule has 1 aromatic carbocycles. The van der Waals surface area contributed by atoms with Gasteiger partial charge in [-0.1, -0.05) is 83.2 Å². The van der Waals surface area contributed by atoms with Gasteiger partial charge in [0, 0.05) is 6.42 Å². The molecular weight excluding hydrogens is 468 g/mol. The number of rotatable bonds is 7. The largest absolute Gasteiger partial charge is 0.514 e. The van der Waals surface area contributed by atoms with Crippen molar-refractivity contribution >= 4 is 6.16 Å². The molecule has 4 aliphatic rings. The van der Waals surface area contributed by atoms with Gasteiger partial charge in [0.15, 0.2) is 0 Å². The molecule has 0 heterocycles. The van der Waals surface area contributed by atoms with Gasteiger partial charge in [-0.25, -0.2) is 4.79 Å². The average Bonchev–Trinajstić information content (AvgIpc) is 3.23. The number of carbonyl (C=O) groups excluding carboxylic acids is 1. The minimum atomic E-state index is -0.565. The Labute approximate surface area is 232 Å². The van der Waals surface area contributed by atoms with Crippen LogP contribution >= 0.6 is 0 Å². The summed E-state index contributed by atoms with van der Waals surface area (Å²) in [6, 6.07) is 7.56. The quantitative estimate of drug-likeness (QED) is 0.204. The van der Waals surface area contributed by atoms with Crippen molar-refractivity contribution in [1.82, 2.24) is 0 Å². The Morgan fingerprint density at radius 1 is 0.974 bits per heavy atom. The molecule has 0 radical (unpaired) electrons. The lowest BCUT2D eigenvalue weighted by Gasteiger charge is -2.58. The van der Waals surface area contributed by atoms with E-state index in [2.05, 4.69) is 40.7 Å². The molecule has 0 bridgehead atoms. The Kier molecular flexibility index (Phi) is 8.05. The molecule has 0 aromatic heterocycles. The third-order valence-corrected chi connectivity index (χ3v) is 11.7. The fraction of sp³-hybridized carbons (Fsp3) is 0.743. The van der Waals surface area contributed by atoms with Gasteiger partial charge in [-0.15, -0.1) is 0 Å². The molecule has 3 fully saturated rings. The molecule has 8 atom stereocenters. The lowest BCUT2D eigenvalue weighted by Crippen LogP contribution is -2.51. The molecule has 0 amide bonds. The minimum absolute atomic E-state index is 0.0692. The third kappa shape index (κ3) is 5.33. The molecule has 1 aromatic rings. The number of benzene rings is 1. The maximum Gasteiger partial charge on any atom is 0.514 e. The number of allylic oxidation sites excluding steroid dienone is 1. The second kappa shape index (κ2) is 11.0. The van der Waals surface area contributed by atoms with E-state index >= 15 is 0 Å². The highest BCUT2D eigenvalue weighted by Crippen LogP contribution is 2.67. The highest BCUT2D eigenvalue weighted by Gasteiger charge is 2.59. The van der Waals surface area contributed by atoms with Crippen LogP contribution in [-0.4, -0.2) is 12.3 Å². The van der Waals surface area contributed by atoms with E-state index in [0.717, 1.165) is 60.3 Å². The molecule has 3 saturated carbocycles. The van der Waals surface area contributed by atoms with Crippen molar-refractivity contribution in [2.75, 3.05) is 0 Å². The van der Waals surface area contributed by atoms with E-state index in [1.165, 1.54) is 51.4 Å². The molecule has 0 unspecified atom stereocenters. The Balaban J connectivity index is 1.21. The first-order valence-electron chi connectivity index (χ1n) is 15.7. The van der Waals surface area contributed by atoms with Crippen LogP contribution in [0.2, 0.25) is 0 Å². The van der Waals surface area contributed by atoms with Crippen LogP contribution in [0.15, 0.2) is 35.9 Å². The van der Waals surface area contributed by atoms with Gasteiger partial charge in [0.25, 0.3) is 0 Å². The average molecular weight is 521 g/mol. The smallest absolute Gasteiger partial charge is 0.430 e. The first kappa shape index (κ1) is 27.8. The van der Waals surface area contributed by atoms with Crippen molar-refractivity contribution < 1.29 is 14.3 Å². The number of hydrogen-bond acceptors (Lipinski definition) is 3. The number of ether oxygens (including phenoxy) is 2. The van der Waals surface area contributed by atoms with Gasteiger partial charge >= 0.3 is 6.16 Å². The summed E-state index contributed by atoms with van der Waals surface area (Å²) in [6.45, 7) is 14.5. The molecular formula is C35H52O3. The fourth-order valence-corrected chi connectivity index (χ4v) is 9.62. The van der Waals surface area contributed by atoms with Gasteiger partial charge in [0.1, 0.15) is 11.9 Å². The predicted molar refractivity (Wildman–Crippen MR) is 155 cm³/mol. The fourth-order valence-electron chi connectivity index (χ4n) is 9.62. The lowest BCUT2D eigenvalue weighted by molar-refractivity contribution is -0.0597. The zero-order chi connectivity index (χ0) is 27.1. The topological polar surface area (TPSA) is 35.5 Å². The van der Waals surface area contributed by atoms with Gasteiger partial charge in [0.2, 0.25) is 0 Å². The van der Waals surface area contributed by atoms with Crippen LogP contribution in [0.4, 0.5) is 4.79 Å². The summed E-state index contributed by atoms with van der Waals surface area (Å²) in [5.74, 6) is 5.64. The van der Waals surface area contributed by atoms with E-state index in [4.69, 9.17) is 9.47 Å². The monoisotopic (exact) mass is 520 g/mol.